The highest BCUT2D eigenvalue weighted by Crippen LogP contribution is 2.34. The Balaban J connectivity index is 1.80. The van der Waals surface area contributed by atoms with E-state index >= 15 is 0 Å². The second-order valence-electron chi connectivity index (χ2n) is 8.04. The Morgan fingerprint density at radius 2 is 2.06 bits per heavy atom. The Morgan fingerprint density at radius 1 is 1.26 bits per heavy atom. The van der Waals surface area contributed by atoms with Gasteiger partial charge in [0.05, 0.1) is 27.3 Å². The topological polar surface area (TPSA) is 89.5 Å². The Kier molecular flexibility index (Phi) is 8.21. The molecule has 0 radical (unpaired) electrons. The van der Waals surface area contributed by atoms with Gasteiger partial charge in [0.2, 0.25) is 0 Å². The molecule has 0 unspecified atom stereocenters. The highest BCUT2D eigenvalue weighted by atomic mass is 127. The van der Waals surface area contributed by atoms with E-state index in [0.29, 0.717) is 34.8 Å². The summed E-state index contributed by atoms with van der Waals surface area (Å²) in [6, 6.07) is 11.2. The van der Waals surface area contributed by atoms with Crippen molar-refractivity contribution in [1.29, 1.82) is 5.26 Å². The number of nitrogens with zero attached hydrogens (tertiary/aromatic N) is 4. The van der Waals surface area contributed by atoms with Crippen molar-refractivity contribution in [2.75, 3.05) is 13.2 Å². The zero-order valence-corrected chi connectivity index (χ0v) is 22.5. The van der Waals surface area contributed by atoms with Crippen molar-refractivity contribution < 1.29 is 9.47 Å². The zero-order chi connectivity index (χ0) is 24.1. The highest BCUT2D eigenvalue weighted by molar-refractivity contribution is 14.1. The second kappa shape index (κ2) is 11.3. The highest BCUT2D eigenvalue weighted by Gasteiger charge is 2.22. The van der Waals surface area contributed by atoms with Gasteiger partial charge < -0.3 is 9.47 Å². The molecule has 1 aromatic heterocycles. The summed E-state index contributed by atoms with van der Waals surface area (Å²) in [5.41, 5.74) is 1.26. The zero-order valence-electron chi connectivity index (χ0n) is 18.8. The number of aromatic nitrogens is 2. The van der Waals surface area contributed by atoms with Gasteiger partial charge in [-0.3, -0.25) is 4.79 Å². The van der Waals surface area contributed by atoms with Gasteiger partial charge in [0, 0.05) is 10.4 Å². The largest absolute Gasteiger partial charge is 0.490 e. The van der Waals surface area contributed by atoms with Crippen molar-refractivity contribution in [2.45, 2.75) is 44.9 Å². The van der Waals surface area contributed by atoms with Gasteiger partial charge in [-0.05, 0) is 78.3 Å². The summed E-state index contributed by atoms with van der Waals surface area (Å²) in [6.45, 7) is 2.27. The lowest BCUT2D eigenvalue weighted by Gasteiger charge is -2.22. The minimum atomic E-state index is -0.183. The van der Waals surface area contributed by atoms with Crippen molar-refractivity contribution >= 4 is 55.6 Å². The first kappa shape index (κ1) is 24.7. The molecule has 1 saturated carbocycles. The van der Waals surface area contributed by atoms with E-state index in [2.05, 4.69) is 43.6 Å². The normalized spacial score (nSPS) is 14.4. The van der Waals surface area contributed by atoms with Crippen LogP contribution < -0.4 is 15.0 Å². The van der Waals surface area contributed by atoms with Crippen LogP contribution in [0.5, 0.6) is 11.5 Å². The van der Waals surface area contributed by atoms with Crippen molar-refractivity contribution in [3.05, 3.63) is 60.1 Å². The van der Waals surface area contributed by atoms with E-state index in [1.807, 2.05) is 31.2 Å². The summed E-state index contributed by atoms with van der Waals surface area (Å²) in [5, 5.41) is 14.0. The Labute approximate surface area is 220 Å². The Morgan fingerprint density at radius 3 is 2.79 bits per heavy atom. The summed E-state index contributed by atoms with van der Waals surface area (Å²) >= 11 is 5.60. The molecule has 0 aliphatic heterocycles. The lowest BCUT2D eigenvalue weighted by atomic mass is 9.88. The van der Waals surface area contributed by atoms with Gasteiger partial charge in [-0.15, -0.1) is 0 Å². The molecule has 1 aliphatic rings. The quantitative estimate of drug-likeness (QED) is 0.235. The summed E-state index contributed by atoms with van der Waals surface area (Å²) in [5.74, 6) is 1.97. The fourth-order valence-electron chi connectivity index (χ4n) is 4.20. The van der Waals surface area contributed by atoms with Crippen LogP contribution in [-0.2, 0) is 0 Å². The van der Waals surface area contributed by atoms with Crippen molar-refractivity contribution in [1.82, 2.24) is 9.66 Å². The van der Waals surface area contributed by atoms with Crippen LogP contribution in [0, 0.1) is 14.9 Å². The monoisotopic (exact) mass is 634 g/mol. The number of hydrogen-bond acceptors (Lipinski definition) is 6. The first-order valence-electron chi connectivity index (χ1n) is 11.2. The third kappa shape index (κ3) is 5.44. The molecule has 0 bridgehead atoms. The maximum absolute atomic E-state index is 13.5. The van der Waals surface area contributed by atoms with Crippen molar-refractivity contribution in [3.63, 3.8) is 0 Å². The molecular formula is C25H24BrIN4O3. The van der Waals surface area contributed by atoms with Crippen LogP contribution in [0.4, 0.5) is 0 Å². The fourth-order valence-corrected chi connectivity index (χ4v) is 5.34. The molecule has 0 saturated heterocycles. The smallest absolute Gasteiger partial charge is 0.282 e. The lowest BCUT2D eigenvalue weighted by molar-refractivity contribution is 0.297. The van der Waals surface area contributed by atoms with Crippen LogP contribution in [0.3, 0.4) is 0 Å². The SMILES string of the molecule is CCOc1cc(C=Nn2c(C3CCCCC3)nc3ccc(Br)cc3c2=O)cc(I)c1OCC#N. The van der Waals surface area contributed by atoms with E-state index in [9.17, 15) is 4.79 Å². The molecule has 0 N–H and O–H groups in total. The van der Waals surface area contributed by atoms with Crippen LogP contribution in [-0.4, -0.2) is 29.1 Å². The average molecular weight is 635 g/mol. The van der Waals surface area contributed by atoms with Gasteiger partial charge >= 0.3 is 0 Å². The number of rotatable bonds is 7. The molecule has 0 amide bonds. The van der Waals surface area contributed by atoms with E-state index in [4.69, 9.17) is 19.7 Å². The molecule has 4 rings (SSSR count). The molecule has 1 heterocycles. The van der Waals surface area contributed by atoms with Gasteiger partial charge in [-0.1, -0.05) is 35.2 Å². The number of hydrogen-bond donors (Lipinski definition) is 0. The predicted octanol–water partition coefficient (Wildman–Crippen LogP) is 5.99. The fraction of sp³-hybridized carbons (Fsp3) is 0.360. The first-order valence-corrected chi connectivity index (χ1v) is 13.1. The van der Waals surface area contributed by atoms with Gasteiger partial charge in [0.1, 0.15) is 11.9 Å². The van der Waals surface area contributed by atoms with Crippen LogP contribution in [0.25, 0.3) is 10.9 Å². The minimum absolute atomic E-state index is 0.0675. The standard InChI is InChI=1S/C25H24BrIN4O3/c1-2-33-22-13-16(12-20(27)23(22)34-11-10-28)15-29-31-24(17-6-4-3-5-7-17)30-21-9-8-18(26)14-19(21)25(31)32/h8-9,12-15,17H,2-7,11H2,1H3. The number of fused-ring (bicyclic) bond motifs is 1. The number of nitriles is 1. The summed E-state index contributed by atoms with van der Waals surface area (Å²) in [7, 11) is 0. The molecule has 2 aromatic carbocycles. The maximum Gasteiger partial charge on any atom is 0.282 e. The van der Waals surface area contributed by atoms with Gasteiger partial charge in [-0.25, -0.2) is 4.98 Å². The molecule has 7 nitrogen and oxygen atoms in total. The van der Waals surface area contributed by atoms with E-state index in [-0.39, 0.29) is 18.1 Å². The Hall–Kier alpha value is -2.45. The molecule has 176 valence electrons. The maximum atomic E-state index is 13.5. The lowest BCUT2D eigenvalue weighted by Crippen LogP contribution is -2.25. The van der Waals surface area contributed by atoms with E-state index < -0.39 is 0 Å². The van der Waals surface area contributed by atoms with E-state index in [1.54, 1.807) is 18.3 Å². The number of benzene rings is 2. The number of halogens is 2. The van der Waals surface area contributed by atoms with Gasteiger partial charge in [-0.2, -0.15) is 15.0 Å². The van der Waals surface area contributed by atoms with Crippen molar-refractivity contribution in [3.8, 4) is 17.6 Å². The summed E-state index contributed by atoms with van der Waals surface area (Å²) in [4.78, 5) is 18.4. The van der Waals surface area contributed by atoms with E-state index in [1.165, 1.54) is 11.1 Å². The predicted molar refractivity (Wildman–Crippen MR) is 144 cm³/mol. The van der Waals surface area contributed by atoms with Crippen LogP contribution in [0.2, 0.25) is 0 Å². The van der Waals surface area contributed by atoms with Crippen LogP contribution in [0.15, 0.2) is 44.7 Å². The van der Waals surface area contributed by atoms with Gasteiger partial charge in [0.25, 0.3) is 5.56 Å². The molecule has 9 heteroatoms. The second-order valence-corrected chi connectivity index (χ2v) is 10.1. The third-order valence-electron chi connectivity index (χ3n) is 5.74. The first-order chi connectivity index (χ1) is 16.5. The molecule has 0 spiro atoms. The van der Waals surface area contributed by atoms with Crippen LogP contribution in [0.1, 0.15) is 56.3 Å². The minimum Gasteiger partial charge on any atom is -0.490 e. The summed E-state index contributed by atoms with van der Waals surface area (Å²) in [6.07, 6.45) is 7.12. The molecule has 0 atom stereocenters. The molecule has 34 heavy (non-hydrogen) atoms. The molecular weight excluding hydrogens is 611 g/mol. The van der Waals surface area contributed by atoms with Crippen molar-refractivity contribution in [2.24, 2.45) is 5.10 Å². The third-order valence-corrected chi connectivity index (χ3v) is 7.03. The van der Waals surface area contributed by atoms with Gasteiger partial charge in [0.15, 0.2) is 18.1 Å². The molecule has 3 aromatic rings. The Bertz CT molecular complexity index is 1330. The molecule has 1 fully saturated rings. The average Bonchev–Trinajstić information content (AvgIpc) is 2.84. The summed E-state index contributed by atoms with van der Waals surface area (Å²) < 4.78 is 14.4. The molecule has 1 aliphatic carbocycles. The number of ether oxygens (including phenoxy) is 2. The van der Waals surface area contributed by atoms with Crippen LogP contribution >= 0.6 is 38.5 Å². The van der Waals surface area contributed by atoms with E-state index in [0.717, 1.165) is 39.3 Å².